The summed E-state index contributed by atoms with van der Waals surface area (Å²) in [6.07, 6.45) is 0. The maximum absolute atomic E-state index is 13.6. The number of methoxy groups -OCH3 is 2. The lowest BCUT2D eigenvalue weighted by atomic mass is 10.0. The van der Waals surface area contributed by atoms with Crippen LogP contribution in [0.3, 0.4) is 0 Å². The third kappa shape index (κ3) is 2.52. The fourth-order valence-electron chi connectivity index (χ4n) is 3.89. The Labute approximate surface area is 162 Å². The van der Waals surface area contributed by atoms with Crippen molar-refractivity contribution in [1.82, 2.24) is 9.47 Å². The van der Waals surface area contributed by atoms with E-state index in [2.05, 4.69) is 0 Å². The van der Waals surface area contributed by atoms with Crippen molar-refractivity contribution < 1.29 is 14.3 Å². The van der Waals surface area contributed by atoms with Crippen molar-refractivity contribution in [1.29, 1.82) is 0 Å². The molecule has 6 nitrogen and oxygen atoms in total. The van der Waals surface area contributed by atoms with Gasteiger partial charge in [0.15, 0.2) is 17.3 Å². The minimum atomic E-state index is -0.184. The highest BCUT2D eigenvalue weighted by molar-refractivity contribution is 6.27. The highest BCUT2D eigenvalue weighted by Crippen LogP contribution is 2.42. The molecule has 0 N–H and O–H groups in total. The molecule has 28 heavy (non-hydrogen) atoms. The SMILES string of the molecule is COc1ccc2c3c(n(CCN(C)C)c(=O)c2c1OC)-c1ccccc1C3=O. The molecule has 6 heteroatoms. The molecule has 1 heterocycles. The van der Waals surface area contributed by atoms with Crippen LogP contribution in [0.2, 0.25) is 0 Å². The summed E-state index contributed by atoms with van der Waals surface area (Å²) >= 11 is 0. The van der Waals surface area contributed by atoms with Crippen LogP contribution in [0.4, 0.5) is 0 Å². The Bertz CT molecular complexity index is 1160. The van der Waals surface area contributed by atoms with Crippen LogP contribution in [0.25, 0.3) is 22.0 Å². The molecule has 0 amide bonds. The van der Waals surface area contributed by atoms with Crippen LogP contribution in [0, 0.1) is 0 Å². The number of carbonyl (C=O) groups excluding carboxylic acids is 1. The molecule has 0 aliphatic heterocycles. The Morgan fingerprint density at radius 3 is 2.32 bits per heavy atom. The molecule has 0 fully saturated rings. The van der Waals surface area contributed by atoms with Crippen molar-refractivity contribution in [2.45, 2.75) is 6.54 Å². The second-order valence-corrected chi connectivity index (χ2v) is 7.08. The van der Waals surface area contributed by atoms with Crippen LogP contribution in [-0.2, 0) is 6.54 Å². The van der Waals surface area contributed by atoms with Gasteiger partial charge in [0.2, 0.25) is 0 Å². The highest BCUT2D eigenvalue weighted by Gasteiger charge is 2.33. The summed E-state index contributed by atoms with van der Waals surface area (Å²) in [5.41, 5.74) is 2.48. The summed E-state index contributed by atoms with van der Waals surface area (Å²) < 4.78 is 12.6. The molecule has 144 valence electrons. The van der Waals surface area contributed by atoms with E-state index in [0.717, 1.165) is 5.56 Å². The summed E-state index contributed by atoms with van der Waals surface area (Å²) in [7, 11) is 6.94. The van der Waals surface area contributed by atoms with Crippen molar-refractivity contribution >= 4 is 16.6 Å². The molecule has 0 unspecified atom stereocenters. The van der Waals surface area contributed by atoms with Gasteiger partial charge in [-0.25, -0.2) is 0 Å². The van der Waals surface area contributed by atoms with E-state index < -0.39 is 0 Å². The minimum absolute atomic E-state index is 0.0681. The lowest BCUT2D eigenvalue weighted by Gasteiger charge is -2.19. The zero-order valence-electron chi connectivity index (χ0n) is 16.4. The number of ketones is 1. The predicted molar refractivity (Wildman–Crippen MR) is 109 cm³/mol. The number of likely N-dealkylation sites (N-methyl/N-ethyl adjacent to an activating group) is 1. The molecule has 0 spiro atoms. The van der Waals surface area contributed by atoms with Crippen molar-refractivity contribution in [3.8, 4) is 22.8 Å². The van der Waals surface area contributed by atoms with E-state index in [9.17, 15) is 9.59 Å². The highest BCUT2D eigenvalue weighted by atomic mass is 16.5. The Kier molecular flexibility index (Phi) is 4.43. The summed E-state index contributed by atoms with van der Waals surface area (Å²) in [5.74, 6) is 0.755. The Balaban J connectivity index is 2.16. The van der Waals surface area contributed by atoms with E-state index >= 15 is 0 Å². The molecule has 0 saturated carbocycles. The summed E-state index contributed by atoms with van der Waals surface area (Å²) in [6, 6.07) is 11.0. The second-order valence-electron chi connectivity index (χ2n) is 7.08. The first-order valence-electron chi connectivity index (χ1n) is 9.10. The molecule has 1 aromatic heterocycles. The van der Waals surface area contributed by atoms with Gasteiger partial charge in [0.1, 0.15) is 0 Å². The largest absolute Gasteiger partial charge is 0.493 e. The Morgan fingerprint density at radius 2 is 1.68 bits per heavy atom. The van der Waals surface area contributed by atoms with Gasteiger partial charge in [-0.1, -0.05) is 24.3 Å². The van der Waals surface area contributed by atoms with Gasteiger partial charge in [0, 0.05) is 29.6 Å². The van der Waals surface area contributed by atoms with Crippen molar-refractivity contribution in [2.75, 3.05) is 34.9 Å². The maximum atomic E-state index is 13.6. The molecular formula is C22H22N2O4. The van der Waals surface area contributed by atoms with Gasteiger partial charge in [0.25, 0.3) is 5.56 Å². The first-order chi connectivity index (χ1) is 13.5. The molecule has 2 aromatic carbocycles. The zero-order chi connectivity index (χ0) is 20.0. The number of pyridine rings is 1. The number of aromatic nitrogens is 1. The standard InChI is InChI=1S/C22H22N2O4/c1-23(2)11-12-24-19-13-7-5-6-8-14(13)20(25)17(19)15-9-10-16(27-3)21(28-4)18(15)22(24)26/h5-10H,11-12H2,1-4H3. The van der Waals surface area contributed by atoms with E-state index in [1.165, 1.54) is 14.2 Å². The fraction of sp³-hybridized carbons (Fsp3) is 0.273. The van der Waals surface area contributed by atoms with Gasteiger partial charge in [-0.2, -0.15) is 0 Å². The average molecular weight is 378 g/mol. The molecule has 0 bridgehead atoms. The van der Waals surface area contributed by atoms with E-state index in [0.29, 0.717) is 52.2 Å². The quantitative estimate of drug-likeness (QED) is 0.534. The third-order valence-corrected chi connectivity index (χ3v) is 5.21. The third-order valence-electron chi connectivity index (χ3n) is 5.21. The van der Waals surface area contributed by atoms with Crippen LogP contribution in [-0.4, -0.2) is 50.1 Å². The summed E-state index contributed by atoms with van der Waals surface area (Å²) in [6.45, 7) is 1.13. The molecule has 4 rings (SSSR count). The predicted octanol–water partition coefficient (Wildman–Crippen LogP) is 2.79. The maximum Gasteiger partial charge on any atom is 0.262 e. The monoisotopic (exact) mass is 378 g/mol. The lowest BCUT2D eigenvalue weighted by Crippen LogP contribution is -2.29. The van der Waals surface area contributed by atoms with Crippen LogP contribution < -0.4 is 15.0 Å². The number of benzene rings is 2. The molecule has 3 aromatic rings. The molecule has 0 saturated heterocycles. The van der Waals surface area contributed by atoms with Crippen LogP contribution >= 0.6 is 0 Å². The van der Waals surface area contributed by atoms with Gasteiger partial charge < -0.3 is 18.9 Å². The minimum Gasteiger partial charge on any atom is -0.493 e. The normalized spacial score (nSPS) is 12.4. The zero-order valence-corrected chi connectivity index (χ0v) is 16.4. The summed E-state index contributed by atoms with van der Waals surface area (Å²) in [5, 5.41) is 0.973. The average Bonchev–Trinajstić information content (AvgIpc) is 2.99. The Hall–Kier alpha value is -3.12. The Morgan fingerprint density at radius 1 is 0.964 bits per heavy atom. The molecule has 1 aliphatic carbocycles. The lowest BCUT2D eigenvalue weighted by molar-refractivity contribution is 0.104. The number of hydrogen-bond acceptors (Lipinski definition) is 5. The van der Waals surface area contributed by atoms with Gasteiger partial charge in [-0.05, 0) is 26.2 Å². The number of hydrogen-bond donors (Lipinski definition) is 0. The van der Waals surface area contributed by atoms with Crippen molar-refractivity contribution in [3.05, 3.63) is 57.9 Å². The fourth-order valence-corrected chi connectivity index (χ4v) is 3.89. The molecule has 0 radical (unpaired) electrons. The summed E-state index contributed by atoms with van der Waals surface area (Å²) in [4.78, 5) is 28.8. The van der Waals surface area contributed by atoms with Gasteiger partial charge in [-0.15, -0.1) is 0 Å². The number of fused-ring (bicyclic) bond motifs is 5. The topological polar surface area (TPSA) is 60.8 Å². The van der Waals surface area contributed by atoms with Crippen LogP contribution in [0.15, 0.2) is 41.2 Å². The van der Waals surface area contributed by atoms with E-state index in [4.69, 9.17) is 9.47 Å². The first-order valence-corrected chi connectivity index (χ1v) is 9.10. The van der Waals surface area contributed by atoms with Gasteiger partial charge in [0.05, 0.1) is 30.9 Å². The molecular weight excluding hydrogens is 356 g/mol. The number of nitrogens with zero attached hydrogens (tertiary/aromatic N) is 2. The van der Waals surface area contributed by atoms with Crippen LogP contribution in [0.1, 0.15) is 15.9 Å². The van der Waals surface area contributed by atoms with Crippen molar-refractivity contribution in [2.24, 2.45) is 0 Å². The number of carbonyl (C=O) groups is 1. The van der Waals surface area contributed by atoms with E-state index in [-0.39, 0.29) is 11.3 Å². The number of rotatable bonds is 5. The molecule has 1 aliphatic rings. The van der Waals surface area contributed by atoms with Gasteiger partial charge >= 0.3 is 0 Å². The smallest absolute Gasteiger partial charge is 0.262 e. The van der Waals surface area contributed by atoms with E-state index in [1.54, 1.807) is 16.7 Å². The van der Waals surface area contributed by atoms with E-state index in [1.807, 2.05) is 43.3 Å². The second kappa shape index (κ2) is 6.80. The van der Waals surface area contributed by atoms with Crippen LogP contribution in [0.5, 0.6) is 11.5 Å². The van der Waals surface area contributed by atoms with Crippen molar-refractivity contribution in [3.63, 3.8) is 0 Å². The molecule has 0 atom stereocenters. The van der Waals surface area contributed by atoms with Gasteiger partial charge in [-0.3, -0.25) is 9.59 Å². The first kappa shape index (κ1) is 18.3. The number of ether oxygens (including phenoxy) is 2.